The van der Waals surface area contributed by atoms with Gasteiger partial charge >= 0.3 is 31.5 Å². The fraction of sp³-hybridized carbons (Fsp3) is 0.654. The van der Waals surface area contributed by atoms with Crippen LogP contribution in [0.25, 0.3) is 22.3 Å². The molecule has 0 bridgehead atoms. The zero-order valence-corrected chi connectivity index (χ0v) is 58.8. The average molecular weight is 1500 g/mol. The number of fused-ring (bicyclic) bond motifs is 2. The second-order valence-corrected chi connectivity index (χ2v) is 30.8. The van der Waals surface area contributed by atoms with Crippen molar-refractivity contribution >= 4 is 101 Å². The highest BCUT2D eigenvalue weighted by molar-refractivity contribution is 8.07. The highest BCUT2D eigenvalue weighted by Gasteiger charge is 2.55. The summed E-state index contributed by atoms with van der Waals surface area (Å²) in [6.07, 6.45) is -12.9. The second kappa shape index (κ2) is 33.1. The molecular weight excluding hydrogens is 1420 g/mol. The molecule has 40 nitrogen and oxygen atoms in total. The summed E-state index contributed by atoms with van der Waals surface area (Å²) in [4.78, 5) is 97.0. The lowest BCUT2D eigenvalue weighted by molar-refractivity contribution is -0.0831. The zero-order valence-electron chi connectivity index (χ0n) is 53.7. The van der Waals surface area contributed by atoms with Crippen molar-refractivity contribution in [1.29, 1.82) is 0 Å². The predicted octanol–water partition coefficient (Wildman–Crippen LogP) is -0.922. The lowest BCUT2D eigenvalue weighted by Gasteiger charge is -2.30. The maximum atomic E-state index is 13.8. The number of imidazole rings is 2. The molecular formula is C52H77N16O24P3S3. The molecule has 6 aromatic heterocycles. The summed E-state index contributed by atoms with van der Waals surface area (Å²) >= 11 is 17.1. The number of ether oxygens (including phenoxy) is 12. The molecule has 542 valence electrons. The van der Waals surface area contributed by atoms with Gasteiger partial charge in [0, 0.05) is 52.0 Å². The number of hydrogen-bond donors (Lipinski definition) is 8. The molecule has 4 aliphatic rings. The van der Waals surface area contributed by atoms with Gasteiger partial charge in [0.25, 0.3) is 0 Å². The number of anilines is 4. The first-order valence-electron chi connectivity index (χ1n) is 30.0. The smallest absolute Gasteiger partial charge is 0.351 e. The molecule has 10 rings (SSSR count). The normalized spacial score (nSPS) is 29.2. The van der Waals surface area contributed by atoms with Crippen molar-refractivity contribution in [2.24, 2.45) is 0 Å². The van der Waals surface area contributed by atoms with E-state index >= 15 is 0 Å². The van der Waals surface area contributed by atoms with E-state index in [-0.39, 0.29) is 98.5 Å². The fourth-order valence-corrected chi connectivity index (χ4v) is 15.5. The van der Waals surface area contributed by atoms with E-state index in [2.05, 4.69) is 39.9 Å². The van der Waals surface area contributed by atoms with Crippen molar-refractivity contribution in [2.45, 2.75) is 119 Å². The molecule has 10 heterocycles. The number of aliphatic hydroxyl groups excluding tert-OH is 1. The molecule has 19 atom stereocenters. The van der Waals surface area contributed by atoms with Gasteiger partial charge in [-0.25, -0.2) is 39.5 Å². The molecule has 98 heavy (non-hydrogen) atoms. The Hall–Kier alpha value is -4.87. The molecule has 4 saturated heterocycles. The van der Waals surface area contributed by atoms with Gasteiger partial charge in [-0.05, 0) is 56.2 Å². The first-order chi connectivity index (χ1) is 46.8. The summed E-state index contributed by atoms with van der Waals surface area (Å²) in [5, 5.41) is 11.8. The number of aromatic nitrogens is 12. The minimum atomic E-state index is -4.75. The Labute approximate surface area is 573 Å². The Morgan fingerprint density at radius 2 is 0.816 bits per heavy atom. The molecule has 0 amide bonds. The van der Waals surface area contributed by atoms with Gasteiger partial charge in [-0.15, -0.1) is 0 Å². The fourth-order valence-electron chi connectivity index (χ4n) is 11.1. The van der Waals surface area contributed by atoms with Crippen LogP contribution in [0.2, 0.25) is 0 Å². The Balaban J connectivity index is 0.931. The van der Waals surface area contributed by atoms with Crippen molar-refractivity contribution in [1.82, 2.24) is 58.1 Å². The summed E-state index contributed by atoms with van der Waals surface area (Å²) in [7, 11) is 5.79. The van der Waals surface area contributed by atoms with Gasteiger partial charge in [0.2, 0.25) is 0 Å². The summed E-state index contributed by atoms with van der Waals surface area (Å²) in [6, 6.07) is 0. The standard InChI is InChI=1S/C52H77N16O24P3S3/c1-25-16-65(51(70)63-41(25)53)48-38(80-13-9-76-5)34(27(3)86-48)90-93(72,96)84-19-29-35(39(81-14-10-77-6)49(88-29)66-17-26(2)42(54)64-52(66)71)91-95(74,98)85-20-30-36(40(82-15-11-78-7)50(89-30)68-24-62-32-44(56)58-22-60-46(32)68)92-94(73,97)83-18-28-33(69)37(79-12-8-75-4)47(87-28)67-23-61-31-43(55)57-21-59-45(31)67/h16-17,21-24,27-30,33-40,47-50,69H,8-15,18-20H2,1-7H3,(H,72,96)(H,73,97)(H,74,98)(H2,53,63,70)(H2,54,64,71)(H2,55,57,59)(H2,56,58,60)/t27-,28-,29-,30-,33+,34+,35+,36+,37?,38?,39?,40?,47-,48-,49-,50-,93?,94?,95?/m1/s1. The van der Waals surface area contributed by atoms with E-state index in [9.17, 15) is 29.4 Å². The van der Waals surface area contributed by atoms with E-state index in [4.69, 9.17) is 142 Å². The zero-order chi connectivity index (χ0) is 70.4. The van der Waals surface area contributed by atoms with Gasteiger partial charge in [-0.2, -0.15) is 9.97 Å². The van der Waals surface area contributed by atoms with Crippen LogP contribution in [0.1, 0.15) is 43.0 Å². The number of methoxy groups -OCH3 is 4. The van der Waals surface area contributed by atoms with Crippen molar-refractivity contribution in [3.8, 4) is 0 Å². The van der Waals surface area contributed by atoms with Crippen LogP contribution >= 0.6 is 20.2 Å². The maximum Gasteiger partial charge on any atom is 0.351 e. The van der Waals surface area contributed by atoms with Gasteiger partial charge in [0.15, 0.2) is 47.8 Å². The number of nitrogens with two attached hydrogens (primary N) is 4. The second-order valence-electron chi connectivity index (χ2n) is 22.4. The SMILES string of the molecule is COCCOC1[C@@H](OP(O)(=S)OC[C@H]2O[C@@H](n3cc(C)c(N)nc3=O)C(OCCOC)[C@H]2OP(O)(=S)OC[C@H]2O[C@@H](n3cnc4c(N)ncnc43)C(OCCOC)[C@H]2OP(O)(=S)OC[C@H]2O[C@@H](n3cnc4c(N)ncnc43)C(OCCOC)[C@H]2O)[C@@H](C)O[C@H]1n1cc(C)c(N)nc1=O. The van der Waals surface area contributed by atoms with Gasteiger partial charge in [-0.3, -0.25) is 31.8 Å². The number of hydrogen-bond acceptors (Lipinski definition) is 36. The number of aliphatic hydroxyl groups is 1. The Morgan fingerprint density at radius 1 is 0.469 bits per heavy atom. The molecule has 4 fully saturated rings. The third-order valence-corrected chi connectivity index (χ3v) is 20.6. The Kier molecular flexibility index (Phi) is 25.6. The van der Waals surface area contributed by atoms with Gasteiger partial charge < -0.3 is 113 Å². The van der Waals surface area contributed by atoms with Crippen LogP contribution in [-0.4, -0.2) is 252 Å². The monoisotopic (exact) mass is 1500 g/mol. The summed E-state index contributed by atoms with van der Waals surface area (Å²) in [6.45, 7) is -11.0. The van der Waals surface area contributed by atoms with E-state index in [1.165, 1.54) is 79.8 Å². The highest BCUT2D eigenvalue weighted by Crippen LogP contribution is 2.55. The van der Waals surface area contributed by atoms with Crippen LogP contribution in [0.3, 0.4) is 0 Å². The molecule has 0 aliphatic carbocycles. The predicted molar refractivity (Wildman–Crippen MR) is 351 cm³/mol. The lowest BCUT2D eigenvalue weighted by atomic mass is 10.1. The molecule has 46 heteroatoms. The van der Waals surface area contributed by atoms with E-state index in [0.29, 0.717) is 11.1 Å². The highest BCUT2D eigenvalue weighted by atomic mass is 32.5. The minimum absolute atomic E-state index is 0.00206. The van der Waals surface area contributed by atoms with E-state index in [0.717, 1.165) is 4.57 Å². The first-order valence-corrected chi connectivity index (χ1v) is 37.8. The van der Waals surface area contributed by atoms with Crippen LogP contribution < -0.4 is 34.3 Å². The first kappa shape index (κ1) is 75.8. The summed E-state index contributed by atoms with van der Waals surface area (Å²) in [5.74, 6) is 0.0294. The van der Waals surface area contributed by atoms with Gasteiger partial charge in [-0.1, -0.05) is 0 Å². The lowest BCUT2D eigenvalue weighted by Crippen LogP contribution is -2.41. The molecule has 0 spiro atoms. The maximum absolute atomic E-state index is 13.8. The third kappa shape index (κ3) is 17.4. The quantitative estimate of drug-likeness (QED) is 0.0176. The molecule has 12 N–H and O–H groups in total. The molecule has 0 radical (unpaired) electrons. The van der Waals surface area contributed by atoms with E-state index in [1.54, 1.807) is 20.8 Å². The molecule has 0 aromatic carbocycles. The van der Waals surface area contributed by atoms with Crippen LogP contribution in [-0.2, 0) is 119 Å². The van der Waals surface area contributed by atoms with Crippen LogP contribution in [0.5, 0.6) is 0 Å². The number of aryl methyl sites for hydroxylation is 2. The Morgan fingerprint density at radius 3 is 1.23 bits per heavy atom. The summed E-state index contributed by atoms with van der Waals surface area (Å²) in [5.41, 5.74) is 24.3. The summed E-state index contributed by atoms with van der Waals surface area (Å²) < 4.78 is 114. The number of nitrogen functional groups attached to an aromatic ring is 4. The van der Waals surface area contributed by atoms with Crippen LogP contribution in [0.4, 0.5) is 23.3 Å². The number of rotatable bonds is 35. The molecule has 6 aromatic rings. The van der Waals surface area contributed by atoms with Gasteiger partial charge in [0.05, 0.1) is 91.4 Å². The van der Waals surface area contributed by atoms with E-state index in [1.807, 2.05) is 0 Å². The van der Waals surface area contributed by atoms with E-state index < -0.39 is 150 Å². The largest absolute Gasteiger partial charge is 0.387 e. The van der Waals surface area contributed by atoms with Crippen molar-refractivity contribution in [2.75, 3.05) is 124 Å². The van der Waals surface area contributed by atoms with Crippen molar-refractivity contribution in [3.05, 3.63) is 69.8 Å². The minimum Gasteiger partial charge on any atom is -0.387 e. The Bertz CT molecular complexity index is 3990. The van der Waals surface area contributed by atoms with Crippen molar-refractivity contribution in [3.63, 3.8) is 0 Å². The third-order valence-electron chi connectivity index (χ3n) is 15.9. The average Bonchev–Trinajstić information content (AvgIpc) is 1.63. The molecule has 4 aliphatic heterocycles. The van der Waals surface area contributed by atoms with Crippen LogP contribution in [0.15, 0.2) is 47.3 Å². The van der Waals surface area contributed by atoms with Crippen LogP contribution in [0, 0.1) is 13.8 Å². The van der Waals surface area contributed by atoms with Crippen molar-refractivity contribution < 1.29 is 104 Å². The van der Waals surface area contributed by atoms with Gasteiger partial charge in [0.1, 0.15) is 102 Å². The molecule has 7 unspecified atom stereocenters. The topological polar surface area (TPSA) is 508 Å². The number of nitrogens with zero attached hydrogens (tertiary/aromatic N) is 12. The molecule has 0 saturated carbocycles.